The van der Waals surface area contributed by atoms with E-state index in [9.17, 15) is 9.59 Å². The van der Waals surface area contributed by atoms with Gasteiger partial charge in [-0.3, -0.25) is 9.59 Å². The molecule has 0 aliphatic rings. The van der Waals surface area contributed by atoms with Crippen LogP contribution in [0.25, 0.3) is 0 Å². The molecule has 4 N–H and O–H groups in total. The molecule has 0 aliphatic heterocycles. The molecule has 6 rings (SSSR count). The Kier molecular flexibility index (Phi) is 8.24. The Hall–Kier alpha value is -6.34. The summed E-state index contributed by atoms with van der Waals surface area (Å²) in [5.41, 5.74) is 14.7. The molecule has 0 unspecified atom stereocenters. The molecule has 0 saturated heterocycles. The lowest BCUT2D eigenvalue weighted by Crippen LogP contribution is -2.02. The number of hydrogen-bond acceptors (Lipinski definition) is 7. The van der Waals surface area contributed by atoms with Crippen molar-refractivity contribution in [3.63, 3.8) is 0 Å². The fourth-order valence-electron chi connectivity index (χ4n) is 4.56. The molecule has 0 atom stereocenters. The summed E-state index contributed by atoms with van der Waals surface area (Å²) < 4.78 is 17.7. The van der Waals surface area contributed by atoms with E-state index in [-0.39, 0.29) is 11.6 Å². The SMILES string of the molecule is Nc1ccc(Oc2ccc(C(=O)c3cccc(Oc4cccc(C(=O)c5ccc(Oc6ccc(N)cc6)cc5)c4)c3)cc2)cc1. The largest absolute Gasteiger partial charge is 0.457 e. The van der Waals surface area contributed by atoms with E-state index in [1.807, 2.05) is 0 Å². The lowest BCUT2D eigenvalue weighted by molar-refractivity contribution is 0.103. The molecule has 6 aromatic rings. The molecule has 6 aromatic carbocycles. The molecule has 0 heterocycles. The molecule has 7 heteroatoms. The minimum atomic E-state index is -0.160. The Morgan fingerprint density at radius 3 is 1.02 bits per heavy atom. The molecule has 0 fully saturated rings. The third kappa shape index (κ3) is 7.18. The van der Waals surface area contributed by atoms with Crippen molar-refractivity contribution >= 4 is 22.9 Å². The van der Waals surface area contributed by atoms with Gasteiger partial charge < -0.3 is 25.7 Å². The zero-order valence-electron chi connectivity index (χ0n) is 24.1. The van der Waals surface area contributed by atoms with Crippen molar-refractivity contribution in [2.24, 2.45) is 0 Å². The van der Waals surface area contributed by atoms with Crippen molar-refractivity contribution in [2.45, 2.75) is 0 Å². The molecule has 0 radical (unpaired) electrons. The number of carbonyl (C=O) groups is 2. The third-order valence-electron chi connectivity index (χ3n) is 6.89. The quantitative estimate of drug-likeness (QED) is 0.121. The lowest BCUT2D eigenvalue weighted by atomic mass is 10.0. The predicted molar refractivity (Wildman–Crippen MR) is 175 cm³/mol. The van der Waals surface area contributed by atoms with Gasteiger partial charge in [-0.15, -0.1) is 0 Å². The molecule has 0 aliphatic carbocycles. The smallest absolute Gasteiger partial charge is 0.193 e. The molecule has 0 amide bonds. The lowest BCUT2D eigenvalue weighted by Gasteiger charge is -2.10. The number of ether oxygens (including phenoxy) is 3. The molecule has 220 valence electrons. The van der Waals surface area contributed by atoms with Gasteiger partial charge in [0.15, 0.2) is 11.6 Å². The van der Waals surface area contributed by atoms with E-state index < -0.39 is 0 Å². The molecular formula is C38H28N2O5. The number of anilines is 2. The van der Waals surface area contributed by atoms with Crippen LogP contribution in [0, 0.1) is 0 Å². The van der Waals surface area contributed by atoms with Gasteiger partial charge in [0.25, 0.3) is 0 Å². The van der Waals surface area contributed by atoms with Gasteiger partial charge in [-0.25, -0.2) is 0 Å². The summed E-state index contributed by atoms with van der Waals surface area (Å²) >= 11 is 0. The van der Waals surface area contributed by atoms with Gasteiger partial charge in [0, 0.05) is 33.6 Å². The minimum absolute atomic E-state index is 0.160. The average Bonchev–Trinajstić information content (AvgIpc) is 3.07. The Bertz CT molecular complexity index is 1810. The Morgan fingerprint density at radius 2 is 0.667 bits per heavy atom. The highest BCUT2D eigenvalue weighted by atomic mass is 16.5. The fraction of sp³-hybridized carbons (Fsp3) is 0. The Morgan fingerprint density at radius 1 is 0.356 bits per heavy atom. The van der Waals surface area contributed by atoms with Crippen LogP contribution in [0.1, 0.15) is 31.8 Å². The van der Waals surface area contributed by atoms with E-state index in [2.05, 4.69) is 0 Å². The van der Waals surface area contributed by atoms with Crippen LogP contribution in [-0.2, 0) is 0 Å². The van der Waals surface area contributed by atoms with Crippen LogP contribution in [0.2, 0.25) is 0 Å². The second-order valence-electron chi connectivity index (χ2n) is 10.2. The van der Waals surface area contributed by atoms with Crippen molar-refractivity contribution in [3.8, 4) is 34.5 Å². The zero-order valence-corrected chi connectivity index (χ0v) is 24.1. The highest BCUT2D eigenvalue weighted by Crippen LogP contribution is 2.28. The summed E-state index contributed by atoms with van der Waals surface area (Å²) in [7, 11) is 0. The first-order chi connectivity index (χ1) is 21.9. The summed E-state index contributed by atoms with van der Waals surface area (Å²) in [4.78, 5) is 26.5. The number of hydrogen-bond donors (Lipinski definition) is 2. The van der Waals surface area contributed by atoms with E-state index in [1.54, 1.807) is 146 Å². The maximum atomic E-state index is 13.2. The summed E-state index contributed by atoms with van der Waals surface area (Å²) in [5, 5.41) is 0. The molecule has 0 saturated carbocycles. The van der Waals surface area contributed by atoms with Gasteiger partial charge >= 0.3 is 0 Å². The van der Waals surface area contributed by atoms with E-state index in [0.29, 0.717) is 68.1 Å². The maximum absolute atomic E-state index is 13.2. The number of rotatable bonds is 10. The van der Waals surface area contributed by atoms with Crippen LogP contribution in [0.5, 0.6) is 34.5 Å². The van der Waals surface area contributed by atoms with Crippen molar-refractivity contribution in [2.75, 3.05) is 11.5 Å². The van der Waals surface area contributed by atoms with Crippen molar-refractivity contribution in [1.29, 1.82) is 0 Å². The summed E-state index contributed by atoms with van der Waals surface area (Å²) in [6, 6.07) is 41.8. The summed E-state index contributed by atoms with van der Waals surface area (Å²) in [6.07, 6.45) is 0. The molecule has 7 nitrogen and oxygen atoms in total. The van der Waals surface area contributed by atoms with Gasteiger partial charge in [-0.1, -0.05) is 24.3 Å². The maximum Gasteiger partial charge on any atom is 0.193 e. The monoisotopic (exact) mass is 592 g/mol. The first-order valence-electron chi connectivity index (χ1n) is 14.1. The van der Waals surface area contributed by atoms with E-state index in [0.717, 1.165) is 0 Å². The minimum Gasteiger partial charge on any atom is -0.457 e. The van der Waals surface area contributed by atoms with Gasteiger partial charge in [0.2, 0.25) is 0 Å². The number of nitrogen functional groups attached to an aromatic ring is 2. The second kappa shape index (κ2) is 12.9. The topological polar surface area (TPSA) is 114 Å². The second-order valence-corrected chi connectivity index (χ2v) is 10.2. The van der Waals surface area contributed by atoms with E-state index >= 15 is 0 Å². The summed E-state index contributed by atoms with van der Waals surface area (Å²) in [5.74, 6) is 3.12. The third-order valence-corrected chi connectivity index (χ3v) is 6.89. The number of ketones is 2. The van der Waals surface area contributed by atoms with Gasteiger partial charge in [0.1, 0.15) is 34.5 Å². The van der Waals surface area contributed by atoms with Gasteiger partial charge in [-0.2, -0.15) is 0 Å². The van der Waals surface area contributed by atoms with Crippen molar-refractivity contribution in [1.82, 2.24) is 0 Å². The molecular weight excluding hydrogens is 564 g/mol. The van der Waals surface area contributed by atoms with Crippen LogP contribution in [0.4, 0.5) is 11.4 Å². The Labute approximate surface area is 260 Å². The van der Waals surface area contributed by atoms with Crippen LogP contribution < -0.4 is 25.7 Å². The van der Waals surface area contributed by atoms with Crippen molar-refractivity contribution < 1.29 is 23.8 Å². The van der Waals surface area contributed by atoms with Crippen LogP contribution in [-0.4, -0.2) is 11.6 Å². The Balaban J connectivity index is 1.11. The van der Waals surface area contributed by atoms with Crippen LogP contribution in [0.3, 0.4) is 0 Å². The van der Waals surface area contributed by atoms with E-state index in [4.69, 9.17) is 25.7 Å². The molecule has 0 spiro atoms. The first-order valence-corrected chi connectivity index (χ1v) is 14.1. The standard InChI is InChI=1S/C38H28N2O5/c39-29-11-19-33(20-12-29)43-31-15-7-25(8-16-31)37(41)27-3-1-5-35(23-27)45-36-6-2-4-28(24-36)38(42)26-9-17-32(18-10-26)44-34-21-13-30(40)14-22-34/h1-24H,39-40H2. The van der Waals surface area contributed by atoms with E-state index in [1.165, 1.54) is 0 Å². The molecule has 0 bridgehead atoms. The summed E-state index contributed by atoms with van der Waals surface area (Å²) in [6.45, 7) is 0. The highest BCUT2D eigenvalue weighted by Gasteiger charge is 2.13. The normalized spacial score (nSPS) is 10.6. The molecule has 45 heavy (non-hydrogen) atoms. The first kappa shape index (κ1) is 28.8. The zero-order chi connectivity index (χ0) is 31.2. The van der Waals surface area contributed by atoms with Crippen LogP contribution >= 0.6 is 0 Å². The van der Waals surface area contributed by atoms with Gasteiger partial charge in [-0.05, 0) is 121 Å². The average molecular weight is 593 g/mol. The number of nitrogens with two attached hydrogens (primary N) is 2. The van der Waals surface area contributed by atoms with Gasteiger partial charge in [0.05, 0.1) is 0 Å². The number of carbonyl (C=O) groups excluding carboxylic acids is 2. The predicted octanol–water partition coefficient (Wildman–Crippen LogP) is 8.69. The highest BCUT2D eigenvalue weighted by molar-refractivity contribution is 6.10. The number of benzene rings is 6. The van der Waals surface area contributed by atoms with Crippen molar-refractivity contribution in [3.05, 3.63) is 168 Å². The fourth-order valence-corrected chi connectivity index (χ4v) is 4.56. The molecule has 0 aromatic heterocycles. The van der Waals surface area contributed by atoms with Crippen LogP contribution in [0.15, 0.2) is 146 Å².